The van der Waals surface area contributed by atoms with Gasteiger partial charge in [-0.3, -0.25) is 28.9 Å². The predicted octanol–water partition coefficient (Wildman–Crippen LogP) is 5.65. The van der Waals surface area contributed by atoms with E-state index in [1.165, 1.54) is 16.7 Å². The van der Waals surface area contributed by atoms with Gasteiger partial charge >= 0.3 is 11.9 Å². The van der Waals surface area contributed by atoms with Gasteiger partial charge < -0.3 is 20.1 Å². The maximum atomic E-state index is 13.9. The SMILES string of the molecule is Cc1cc(S(=O)(=O)N[C@H](C)COC2CCC(CN3CCN(c4ccc5c(c4)n(C)c(=O)n5C4CCC(=O)NC4=O)CC3)CC2)ccc1Nc1ncc(C(F)(F)F)c(C2CCC(C)(O)CC2)n1. The third-order valence-corrected chi connectivity index (χ3v) is 15.5. The Labute approximate surface area is 382 Å². The highest BCUT2D eigenvalue weighted by atomic mass is 32.2. The largest absolute Gasteiger partial charge is 0.419 e. The zero-order valence-electron chi connectivity index (χ0n) is 37.9. The third kappa shape index (κ3) is 10.6. The minimum Gasteiger partial charge on any atom is -0.390 e. The zero-order valence-corrected chi connectivity index (χ0v) is 38.7. The number of aryl methyl sites for hydroxylation is 2. The molecule has 4 aliphatic rings. The van der Waals surface area contributed by atoms with E-state index >= 15 is 0 Å². The number of imide groups is 1. The van der Waals surface area contributed by atoms with E-state index in [9.17, 15) is 41.1 Å². The molecular weight excluding hydrogens is 880 g/mol. The number of piperazine rings is 1. The molecule has 0 bridgehead atoms. The molecule has 4 heterocycles. The number of alkyl halides is 3. The fourth-order valence-electron chi connectivity index (χ4n) is 10.0. The summed E-state index contributed by atoms with van der Waals surface area (Å²) in [5.74, 6) is -0.753. The molecule has 4 aromatic rings. The number of hydrogen-bond donors (Lipinski definition) is 4. The first-order chi connectivity index (χ1) is 31.2. The van der Waals surface area contributed by atoms with Gasteiger partial charge in [0.2, 0.25) is 27.8 Å². The van der Waals surface area contributed by atoms with Crippen LogP contribution < -0.4 is 25.9 Å². The molecule has 2 aliphatic carbocycles. The summed E-state index contributed by atoms with van der Waals surface area (Å²) < 4.78 is 80.7. The Kier molecular flexibility index (Phi) is 13.7. The van der Waals surface area contributed by atoms with Crippen molar-refractivity contribution in [1.82, 2.24) is 34.0 Å². The number of anilines is 3. The van der Waals surface area contributed by atoms with Crippen molar-refractivity contribution in [1.29, 1.82) is 0 Å². The molecule has 2 saturated carbocycles. The van der Waals surface area contributed by atoms with Crippen molar-refractivity contribution in [2.24, 2.45) is 13.0 Å². The van der Waals surface area contributed by atoms with E-state index in [-0.39, 0.29) is 47.3 Å². The monoisotopic (exact) mass is 939 g/mol. The molecule has 4 N–H and O–H groups in total. The number of imidazole rings is 1. The van der Waals surface area contributed by atoms with Gasteiger partial charge in [-0.25, -0.2) is 27.9 Å². The fraction of sp³-hybridized carbons (Fsp3) is 0.587. The first-order valence-corrected chi connectivity index (χ1v) is 24.4. The number of aliphatic hydroxyl groups is 1. The molecule has 16 nitrogen and oxygen atoms in total. The van der Waals surface area contributed by atoms with Gasteiger partial charge in [0.15, 0.2) is 0 Å². The van der Waals surface area contributed by atoms with Crippen molar-refractivity contribution >= 4 is 50.2 Å². The van der Waals surface area contributed by atoms with E-state index in [2.05, 4.69) is 35.1 Å². The quantitative estimate of drug-likeness (QED) is 0.121. The van der Waals surface area contributed by atoms with Gasteiger partial charge in [0.05, 0.1) is 45.5 Å². The highest BCUT2D eigenvalue weighted by Crippen LogP contribution is 2.42. The number of benzene rings is 2. The van der Waals surface area contributed by atoms with Gasteiger partial charge in [0.1, 0.15) is 6.04 Å². The van der Waals surface area contributed by atoms with Crippen molar-refractivity contribution in [2.75, 3.05) is 49.5 Å². The number of aromatic nitrogens is 4. The number of piperidine rings is 1. The summed E-state index contributed by atoms with van der Waals surface area (Å²) in [6.07, 6.45) is 1.92. The van der Waals surface area contributed by atoms with Crippen molar-refractivity contribution in [3.63, 3.8) is 0 Å². The molecule has 66 heavy (non-hydrogen) atoms. The molecule has 2 aliphatic heterocycles. The van der Waals surface area contributed by atoms with Crippen LogP contribution >= 0.6 is 0 Å². The van der Waals surface area contributed by atoms with Crippen molar-refractivity contribution in [3.05, 3.63) is 69.9 Å². The Morgan fingerprint density at radius 2 is 1.68 bits per heavy atom. The Bertz CT molecular complexity index is 2610. The van der Waals surface area contributed by atoms with Crippen LogP contribution in [0.25, 0.3) is 11.0 Å². The standard InChI is InChI=1S/C46H60F3N9O7S/c1-28-23-34(10-11-36(28)51-43-50-25-35(46(47,48)49)41(53-43)31-15-17-45(3,62)18-16-31)66(63,64)54-29(2)27-65-33-8-5-30(6-9-33)26-56-19-21-57(22-20-56)32-7-12-37-39(24-32)55(4)44(61)58(37)38-13-14-40(59)52-42(38)60/h7,10-12,23-25,29-31,33,38,54,62H,5-6,8-9,13-22,26-27H2,1-4H3,(H,50,51,53)(H,52,59,60)/t29-,30?,31?,33?,38?,45?/m1/s1. The van der Waals surface area contributed by atoms with Crippen molar-refractivity contribution in [3.8, 4) is 0 Å². The molecular formula is C46H60F3N9O7S. The smallest absolute Gasteiger partial charge is 0.390 e. The second-order valence-electron chi connectivity index (χ2n) is 19.0. The minimum atomic E-state index is -4.64. The van der Waals surface area contributed by atoms with Gasteiger partial charge in [-0.2, -0.15) is 13.2 Å². The van der Waals surface area contributed by atoms with Gasteiger partial charge in [-0.05, 0) is 126 Å². The Balaban J connectivity index is 0.778. The summed E-state index contributed by atoms with van der Waals surface area (Å²) in [5.41, 5.74) is 1.20. The van der Waals surface area contributed by atoms with Crippen LogP contribution in [-0.2, 0) is 37.6 Å². The molecule has 1 unspecified atom stereocenters. The fourth-order valence-corrected chi connectivity index (χ4v) is 11.3. The molecule has 2 amide bonds. The van der Waals surface area contributed by atoms with Crippen LogP contribution in [0.4, 0.5) is 30.5 Å². The van der Waals surface area contributed by atoms with Crippen LogP contribution in [0, 0.1) is 12.8 Å². The van der Waals surface area contributed by atoms with Gasteiger partial charge in [0, 0.05) is 75.7 Å². The maximum Gasteiger partial charge on any atom is 0.419 e. The molecule has 0 radical (unpaired) electrons. The molecule has 20 heteroatoms. The van der Waals surface area contributed by atoms with Gasteiger partial charge in [-0.1, -0.05) is 0 Å². The van der Waals surface area contributed by atoms with Crippen LogP contribution in [0.5, 0.6) is 0 Å². The van der Waals surface area contributed by atoms with Crippen LogP contribution in [0.15, 0.2) is 52.3 Å². The second kappa shape index (κ2) is 19.0. The third-order valence-electron chi connectivity index (χ3n) is 13.9. The number of ether oxygens (including phenoxy) is 1. The molecule has 2 aromatic carbocycles. The van der Waals surface area contributed by atoms with Crippen molar-refractivity contribution < 1.29 is 41.0 Å². The van der Waals surface area contributed by atoms with Crippen molar-refractivity contribution in [2.45, 2.75) is 126 Å². The topological polar surface area (TPSA) is 193 Å². The summed E-state index contributed by atoms with van der Waals surface area (Å²) in [7, 11) is -2.22. The summed E-state index contributed by atoms with van der Waals surface area (Å²) in [6, 6.07) is 9.14. The molecule has 2 atom stereocenters. The first-order valence-electron chi connectivity index (χ1n) is 22.9. The average molecular weight is 940 g/mol. The molecule has 2 saturated heterocycles. The Morgan fingerprint density at radius 1 is 0.970 bits per heavy atom. The summed E-state index contributed by atoms with van der Waals surface area (Å²) in [6.45, 7) is 9.83. The van der Waals surface area contributed by atoms with Gasteiger partial charge in [0.25, 0.3) is 0 Å². The minimum absolute atomic E-state index is 0.0317. The van der Waals surface area contributed by atoms with E-state index in [0.717, 1.165) is 75.8 Å². The lowest BCUT2D eigenvalue weighted by molar-refractivity contribution is -0.139. The molecule has 2 aromatic heterocycles. The number of carbonyl (C=O) groups is 2. The molecule has 0 spiro atoms. The van der Waals surface area contributed by atoms with E-state index in [0.29, 0.717) is 54.8 Å². The molecule has 8 rings (SSSR count). The number of nitrogens with zero attached hydrogens (tertiary/aromatic N) is 6. The highest BCUT2D eigenvalue weighted by Gasteiger charge is 2.40. The summed E-state index contributed by atoms with van der Waals surface area (Å²) in [4.78, 5) is 50.6. The van der Waals surface area contributed by atoms with E-state index in [4.69, 9.17) is 4.74 Å². The Hall–Kier alpha value is -4.89. The number of rotatable bonds is 13. The van der Waals surface area contributed by atoms with E-state index in [1.54, 1.807) is 38.5 Å². The average Bonchev–Trinajstić information content (AvgIpc) is 3.51. The number of sulfonamides is 1. The van der Waals surface area contributed by atoms with Gasteiger partial charge in [-0.15, -0.1) is 0 Å². The number of halogens is 3. The summed E-state index contributed by atoms with van der Waals surface area (Å²) in [5, 5.41) is 15.7. The molecule has 4 fully saturated rings. The lowest BCUT2D eigenvalue weighted by Crippen LogP contribution is -2.48. The molecule has 358 valence electrons. The highest BCUT2D eigenvalue weighted by molar-refractivity contribution is 7.89. The number of amides is 2. The lowest BCUT2D eigenvalue weighted by atomic mass is 9.78. The van der Waals surface area contributed by atoms with Crippen LogP contribution in [0.3, 0.4) is 0 Å². The van der Waals surface area contributed by atoms with Crippen LogP contribution in [0.1, 0.15) is 107 Å². The number of carbonyl (C=O) groups excluding carboxylic acids is 2. The predicted molar refractivity (Wildman–Crippen MR) is 242 cm³/mol. The first kappa shape index (κ1) is 47.6. The number of fused-ring (bicyclic) bond motifs is 1. The Morgan fingerprint density at radius 3 is 2.35 bits per heavy atom. The lowest BCUT2D eigenvalue weighted by Gasteiger charge is -2.39. The van der Waals surface area contributed by atoms with E-state index < -0.39 is 51.3 Å². The zero-order chi connectivity index (χ0) is 47.1. The number of nitrogens with one attached hydrogen (secondary N) is 3. The maximum absolute atomic E-state index is 13.9. The van der Waals surface area contributed by atoms with Crippen LogP contribution in [0.2, 0.25) is 0 Å². The van der Waals surface area contributed by atoms with E-state index in [1.807, 2.05) is 18.2 Å². The van der Waals surface area contributed by atoms with Crippen LogP contribution in [-0.4, -0.2) is 106 Å². The second-order valence-corrected chi connectivity index (χ2v) is 20.7. The number of hydrogen-bond acceptors (Lipinski definition) is 12. The normalized spacial score (nSPS) is 25.2. The summed E-state index contributed by atoms with van der Waals surface area (Å²) >= 11 is 0.